The van der Waals surface area contributed by atoms with Crippen LogP contribution in [0.5, 0.6) is 0 Å². The van der Waals surface area contributed by atoms with Gasteiger partial charge in [0.2, 0.25) is 0 Å². The molecule has 0 unspecified atom stereocenters. The Balaban J connectivity index is -0.0000000200. The van der Waals surface area contributed by atoms with Gasteiger partial charge in [0.25, 0.3) is 0 Å². The van der Waals surface area contributed by atoms with Crippen molar-refractivity contribution in [3.05, 3.63) is 0 Å². The fraction of sp³-hybridized carbons (Fsp3) is 1.00. The first-order valence-electron chi connectivity index (χ1n) is 1.02. The van der Waals surface area contributed by atoms with Crippen LogP contribution in [0.25, 0.3) is 0 Å². The maximum absolute atomic E-state index is 7.57. The predicted molar refractivity (Wildman–Crippen MR) is 13.9 cm³/mol. The number of aliphatic hydroxyl groups is 1. The minimum Gasteiger partial charge on any atom is -1.00 e. The number of rotatable bonds is 0. The summed E-state index contributed by atoms with van der Waals surface area (Å²) in [6.07, 6.45) is 0. The Labute approximate surface area is 86.7 Å². The summed E-state index contributed by atoms with van der Waals surface area (Å²) in [5.74, 6) is 0. The smallest absolute Gasteiger partial charge is 1.00 e. The Bertz CT molecular complexity index is 9.61. The summed E-state index contributed by atoms with van der Waals surface area (Å²) in [6.45, 7) is 1.93. The van der Waals surface area contributed by atoms with E-state index in [9.17, 15) is 0 Å². The van der Waals surface area contributed by atoms with Crippen LogP contribution in [-0.4, -0.2) is 11.7 Å². The van der Waals surface area contributed by atoms with Crippen molar-refractivity contribution in [3.8, 4) is 0 Å². The van der Waals surface area contributed by atoms with Crippen LogP contribution in [0.4, 0.5) is 0 Å². The zero-order chi connectivity index (χ0) is 2.71. The van der Waals surface area contributed by atoms with Gasteiger partial charge in [0, 0.05) is 6.61 Å². The average molecular weight is 180 g/mol. The van der Waals surface area contributed by atoms with Gasteiger partial charge in [-0.3, -0.25) is 0 Å². The van der Waals surface area contributed by atoms with E-state index in [2.05, 4.69) is 0 Å². The summed E-state index contributed by atoms with van der Waals surface area (Å²) in [7, 11) is 0. The van der Waals surface area contributed by atoms with E-state index >= 15 is 0 Å². The molecule has 0 radical (unpaired) electrons. The molecule has 0 amide bonds. The minimum absolute atomic E-state index is 0. The van der Waals surface area contributed by atoms with Gasteiger partial charge in [-0.2, -0.15) is 0 Å². The molecule has 2 heteroatoms. The van der Waals surface area contributed by atoms with E-state index in [4.69, 9.17) is 5.11 Å². The molecule has 0 aromatic carbocycles. The summed E-state index contributed by atoms with van der Waals surface area (Å²) in [6, 6.07) is 0. The van der Waals surface area contributed by atoms with E-state index in [1.165, 1.54) is 0 Å². The topological polar surface area (TPSA) is 20.2 Å². The van der Waals surface area contributed by atoms with Gasteiger partial charge in [-0.05, 0) is 6.92 Å². The third-order valence-electron chi connectivity index (χ3n) is 0. The Morgan fingerprint density at radius 2 is 2.00 bits per heavy atom. The van der Waals surface area contributed by atoms with Gasteiger partial charge in [0.1, 0.15) is 0 Å². The molecule has 22 valence electrons. The minimum atomic E-state index is 0. The molecule has 4 heavy (non-hydrogen) atoms. The van der Waals surface area contributed by atoms with Gasteiger partial charge in [0.15, 0.2) is 0 Å². The molecule has 0 heterocycles. The second-order valence-corrected chi connectivity index (χ2v) is 0.316. The Morgan fingerprint density at radius 3 is 2.00 bits per heavy atom. The van der Waals surface area contributed by atoms with Crippen molar-refractivity contribution < 1.29 is 75.4 Å². The molecule has 0 fully saturated rings. The molecular formula is C2H7CsO. The van der Waals surface area contributed by atoms with Gasteiger partial charge in [-0.15, -0.1) is 0 Å². The van der Waals surface area contributed by atoms with Gasteiger partial charge in [0.05, 0.1) is 0 Å². The van der Waals surface area contributed by atoms with Crippen LogP contribution < -0.4 is 68.9 Å². The van der Waals surface area contributed by atoms with Crippen LogP contribution in [0.2, 0.25) is 0 Å². The summed E-state index contributed by atoms with van der Waals surface area (Å²) < 4.78 is 0. The quantitative estimate of drug-likeness (QED) is 0.424. The van der Waals surface area contributed by atoms with E-state index in [1.807, 2.05) is 0 Å². The maximum Gasteiger partial charge on any atom is 1.00 e. The van der Waals surface area contributed by atoms with Crippen LogP contribution in [-0.2, 0) is 0 Å². The zero-order valence-corrected chi connectivity index (χ0v) is 9.43. The molecule has 0 rings (SSSR count). The third-order valence-corrected chi connectivity index (χ3v) is 0. The molecular weight excluding hydrogens is 173 g/mol. The summed E-state index contributed by atoms with van der Waals surface area (Å²) >= 11 is 0. The van der Waals surface area contributed by atoms with Crippen LogP contribution in [0.3, 0.4) is 0 Å². The summed E-state index contributed by atoms with van der Waals surface area (Å²) in [5.41, 5.74) is 0. The molecule has 1 nitrogen and oxygen atoms in total. The SMILES string of the molecule is CCO.[Cs+].[H-]. The zero-order valence-electron chi connectivity index (χ0n) is 4.15. The van der Waals surface area contributed by atoms with Gasteiger partial charge >= 0.3 is 68.9 Å². The molecule has 0 atom stereocenters. The summed E-state index contributed by atoms with van der Waals surface area (Å²) in [5, 5.41) is 7.57. The molecule has 0 spiro atoms. The van der Waals surface area contributed by atoms with Gasteiger partial charge in [-0.1, -0.05) is 0 Å². The molecule has 0 aromatic rings. The van der Waals surface area contributed by atoms with Crippen molar-refractivity contribution in [2.45, 2.75) is 6.92 Å². The Hall–Kier alpha value is 2.01. The molecule has 0 bridgehead atoms. The van der Waals surface area contributed by atoms with Crippen molar-refractivity contribution in [3.63, 3.8) is 0 Å². The van der Waals surface area contributed by atoms with Crippen molar-refractivity contribution in [1.29, 1.82) is 0 Å². The van der Waals surface area contributed by atoms with Crippen LogP contribution in [0.15, 0.2) is 0 Å². The molecule has 0 saturated carbocycles. The fourth-order valence-electron chi connectivity index (χ4n) is 0. The molecule has 0 aliphatic rings. The van der Waals surface area contributed by atoms with Crippen molar-refractivity contribution in [1.82, 2.24) is 0 Å². The number of hydrogen-bond acceptors (Lipinski definition) is 1. The average Bonchev–Trinajstić information content (AvgIpc) is 0.918. The molecule has 0 saturated heterocycles. The van der Waals surface area contributed by atoms with Crippen LogP contribution >= 0.6 is 0 Å². The second kappa shape index (κ2) is 8.89. The number of hydrogen-bond donors (Lipinski definition) is 1. The van der Waals surface area contributed by atoms with E-state index < -0.39 is 0 Å². The van der Waals surface area contributed by atoms with Crippen LogP contribution in [0.1, 0.15) is 8.35 Å². The standard InChI is InChI=1S/C2H6O.Cs.H/c1-2-3;;/h3H,2H2,1H3;;/q;+1;-1. The predicted octanol–water partition coefficient (Wildman–Crippen LogP) is -2.88. The fourth-order valence-corrected chi connectivity index (χ4v) is 0. The van der Waals surface area contributed by atoms with Crippen LogP contribution in [0, 0.1) is 0 Å². The van der Waals surface area contributed by atoms with Gasteiger partial charge in [-0.25, -0.2) is 0 Å². The molecule has 0 aliphatic carbocycles. The maximum atomic E-state index is 7.57. The van der Waals surface area contributed by atoms with E-state index in [1.54, 1.807) is 6.92 Å². The van der Waals surface area contributed by atoms with Crippen molar-refractivity contribution in [2.24, 2.45) is 0 Å². The third kappa shape index (κ3) is 8.99. The molecule has 1 N–H and O–H groups in total. The van der Waals surface area contributed by atoms with Crippen molar-refractivity contribution in [2.75, 3.05) is 6.61 Å². The van der Waals surface area contributed by atoms with E-state index in [0.717, 1.165) is 0 Å². The van der Waals surface area contributed by atoms with E-state index in [0.29, 0.717) is 0 Å². The first-order chi connectivity index (χ1) is 1.41. The second-order valence-electron chi connectivity index (χ2n) is 0.316. The van der Waals surface area contributed by atoms with E-state index in [-0.39, 0.29) is 76.9 Å². The monoisotopic (exact) mass is 180 g/mol. The summed E-state index contributed by atoms with van der Waals surface area (Å²) in [4.78, 5) is 0. The first kappa shape index (κ1) is 9.38. The largest absolute Gasteiger partial charge is 1.00 e. The first-order valence-corrected chi connectivity index (χ1v) is 1.02. The molecule has 0 aliphatic heterocycles. The van der Waals surface area contributed by atoms with Gasteiger partial charge < -0.3 is 6.53 Å². The Kier molecular flexibility index (Phi) is 20.9. The molecule has 0 aromatic heterocycles. The Morgan fingerprint density at radius 1 is 2.00 bits per heavy atom. The van der Waals surface area contributed by atoms with Crippen molar-refractivity contribution >= 4 is 0 Å². The normalized spacial score (nSPS) is 4.50. The number of aliphatic hydroxyl groups excluding tert-OH is 1.